The molecule has 0 aliphatic carbocycles. The molecule has 0 unspecified atom stereocenters. The molecule has 0 aliphatic rings. The molecule has 0 saturated carbocycles. The molecular formula is C18H20ClNO4S. The van der Waals surface area contributed by atoms with Crippen LogP contribution in [0.3, 0.4) is 0 Å². The Bertz CT molecular complexity index is 794. The number of benzene rings is 2. The lowest BCUT2D eigenvalue weighted by atomic mass is 10.2. The van der Waals surface area contributed by atoms with E-state index in [0.29, 0.717) is 17.2 Å². The number of ether oxygens (including phenoxy) is 1. The van der Waals surface area contributed by atoms with Gasteiger partial charge in [-0.05, 0) is 24.1 Å². The normalized spacial score (nSPS) is 11.1. The van der Waals surface area contributed by atoms with Crippen LogP contribution in [-0.4, -0.2) is 33.2 Å². The van der Waals surface area contributed by atoms with E-state index < -0.39 is 9.84 Å². The van der Waals surface area contributed by atoms with E-state index >= 15 is 0 Å². The van der Waals surface area contributed by atoms with Crippen LogP contribution in [0.25, 0.3) is 0 Å². The molecule has 7 heteroatoms. The minimum Gasteiger partial charge on any atom is -0.482 e. The number of amides is 1. The van der Waals surface area contributed by atoms with Crippen molar-refractivity contribution in [1.29, 1.82) is 0 Å². The predicted octanol–water partition coefficient (Wildman–Crippen LogP) is 2.84. The number of rotatable bonds is 9. The lowest BCUT2D eigenvalue weighted by Gasteiger charge is -2.09. The van der Waals surface area contributed by atoms with E-state index in [1.807, 2.05) is 18.2 Å². The SMILES string of the molecule is O=C(COc1ccccc1Cl)NCCCS(=O)(=O)Cc1ccccc1. The van der Waals surface area contributed by atoms with Gasteiger partial charge in [0.05, 0.1) is 16.5 Å². The summed E-state index contributed by atoms with van der Waals surface area (Å²) in [5.41, 5.74) is 0.764. The summed E-state index contributed by atoms with van der Waals surface area (Å²) in [7, 11) is -3.19. The number of sulfone groups is 1. The van der Waals surface area contributed by atoms with Crippen molar-refractivity contribution in [1.82, 2.24) is 5.32 Å². The Hall–Kier alpha value is -2.05. The molecule has 25 heavy (non-hydrogen) atoms. The fourth-order valence-corrected chi connectivity index (χ4v) is 3.80. The van der Waals surface area contributed by atoms with Crippen molar-refractivity contribution in [2.24, 2.45) is 0 Å². The smallest absolute Gasteiger partial charge is 0.257 e. The molecule has 0 radical (unpaired) electrons. The fourth-order valence-electron chi connectivity index (χ4n) is 2.18. The highest BCUT2D eigenvalue weighted by atomic mass is 35.5. The third-order valence-electron chi connectivity index (χ3n) is 3.38. The third-order valence-corrected chi connectivity index (χ3v) is 5.38. The number of carbonyl (C=O) groups is 1. The molecule has 0 heterocycles. The number of halogens is 1. The van der Waals surface area contributed by atoms with Crippen LogP contribution in [0.1, 0.15) is 12.0 Å². The van der Waals surface area contributed by atoms with Crippen LogP contribution in [0.2, 0.25) is 5.02 Å². The summed E-state index contributed by atoms with van der Waals surface area (Å²) in [5, 5.41) is 3.07. The Morgan fingerprint density at radius 1 is 1.04 bits per heavy atom. The largest absolute Gasteiger partial charge is 0.482 e. The zero-order valence-electron chi connectivity index (χ0n) is 13.7. The van der Waals surface area contributed by atoms with Crippen molar-refractivity contribution in [3.05, 3.63) is 65.2 Å². The number of nitrogens with one attached hydrogen (secondary N) is 1. The average Bonchev–Trinajstić information content (AvgIpc) is 2.58. The number of carbonyl (C=O) groups excluding carboxylic acids is 1. The molecule has 1 N–H and O–H groups in total. The molecule has 0 fully saturated rings. The van der Waals surface area contributed by atoms with Gasteiger partial charge in [-0.1, -0.05) is 54.1 Å². The van der Waals surface area contributed by atoms with Gasteiger partial charge in [0, 0.05) is 6.54 Å². The van der Waals surface area contributed by atoms with Crippen LogP contribution < -0.4 is 10.1 Å². The van der Waals surface area contributed by atoms with Crippen LogP contribution in [0.15, 0.2) is 54.6 Å². The Balaban J connectivity index is 1.66. The first-order valence-electron chi connectivity index (χ1n) is 7.85. The van der Waals surface area contributed by atoms with Crippen molar-refractivity contribution >= 4 is 27.3 Å². The summed E-state index contributed by atoms with van der Waals surface area (Å²) in [6.07, 6.45) is 0.354. The minimum absolute atomic E-state index is 0.0113. The third kappa shape index (κ3) is 7.15. The summed E-state index contributed by atoms with van der Waals surface area (Å²) in [4.78, 5) is 11.7. The van der Waals surface area contributed by atoms with Gasteiger partial charge in [0.15, 0.2) is 16.4 Å². The lowest BCUT2D eigenvalue weighted by molar-refractivity contribution is -0.123. The molecular weight excluding hydrogens is 362 g/mol. The molecule has 5 nitrogen and oxygen atoms in total. The van der Waals surface area contributed by atoms with Gasteiger partial charge in [0.25, 0.3) is 5.91 Å². The van der Waals surface area contributed by atoms with Crippen LogP contribution in [0.4, 0.5) is 0 Å². The van der Waals surface area contributed by atoms with Gasteiger partial charge in [-0.15, -0.1) is 0 Å². The maximum atomic E-state index is 12.0. The van der Waals surface area contributed by atoms with Crippen molar-refractivity contribution in [3.63, 3.8) is 0 Å². The van der Waals surface area contributed by atoms with Crippen LogP contribution in [0.5, 0.6) is 5.75 Å². The maximum Gasteiger partial charge on any atom is 0.257 e. The number of hydrogen-bond acceptors (Lipinski definition) is 4. The van der Waals surface area contributed by atoms with Crippen LogP contribution in [0, 0.1) is 0 Å². The van der Waals surface area contributed by atoms with Crippen LogP contribution in [-0.2, 0) is 20.4 Å². The summed E-state index contributed by atoms with van der Waals surface area (Å²) in [6, 6.07) is 15.9. The lowest BCUT2D eigenvalue weighted by Crippen LogP contribution is -2.30. The Morgan fingerprint density at radius 3 is 2.44 bits per heavy atom. The molecule has 0 bridgehead atoms. The maximum absolute atomic E-state index is 12.0. The zero-order valence-corrected chi connectivity index (χ0v) is 15.2. The molecule has 0 aromatic heterocycles. The van der Waals surface area contributed by atoms with E-state index in [0.717, 1.165) is 5.56 Å². The molecule has 0 aliphatic heterocycles. The predicted molar refractivity (Wildman–Crippen MR) is 98.5 cm³/mol. The van der Waals surface area contributed by atoms with Crippen molar-refractivity contribution in [3.8, 4) is 5.75 Å². The molecule has 0 saturated heterocycles. The van der Waals surface area contributed by atoms with E-state index in [1.165, 1.54) is 0 Å². The highest BCUT2D eigenvalue weighted by Gasteiger charge is 2.12. The Labute approximate surface area is 152 Å². The zero-order chi connectivity index (χ0) is 18.1. The highest BCUT2D eigenvalue weighted by molar-refractivity contribution is 7.90. The van der Waals surface area contributed by atoms with Gasteiger partial charge < -0.3 is 10.1 Å². The van der Waals surface area contributed by atoms with Gasteiger partial charge in [-0.3, -0.25) is 4.79 Å². The second-order valence-electron chi connectivity index (χ2n) is 5.50. The molecule has 1 amide bonds. The first-order chi connectivity index (χ1) is 12.0. The number of hydrogen-bond donors (Lipinski definition) is 1. The molecule has 2 aromatic carbocycles. The highest BCUT2D eigenvalue weighted by Crippen LogP contribution is 2.22. The van der Waals surface area contributed by atoms with Gasteiger partial charge in [0.2, 0.25) is 0 Å². The molecule has 134 valence electrons. The summed E-state index contributed by atoms with van der Waals surface area (Å²) in [6.45, 7) is 0.110. The topological polar surface area (TPSA) is 72.5 Å². The van der Waals surface area contributed by atoms with Gasteiger partial charge in [-0.2, -0.15) is 0 Å². The summed E-state index contributed by atoms with van der Waals surface area (Å²) < 4.78 is 29.4. The van der Waals surface area contributed by atoms with Crippen molar-refractivity contribution in [2.45, 2.75) is 12.2 Å². The van der Waals surface area contributed by atoms with Crippen LogP contribution >= 0.6 is 11.6 Å². The fraction of sp³-hybridized carbons (Fsp3) is 0.278. The second kappa shape index (κ2) is 9.44. The van der Waals surface area contributed by atoms with E-state index in [4.69, 9.17) is 16.3 Å². The van der Waals surface area contributed by atoms with E-state index in [2.05, 4.69) is 5.32 Å². The van der Waals surface area contributed by atoms with Gasteiger partial charge in [-0.25, -0.2) is 8.42 Å². The quantitative estimate of drug-likeness (QED) is 0.678. The molecule has 0 atom stereocenters. The summed E-state index contributed by atoms with van der Waals surface area (Å²) >= 11 is 5.93. The van der Waals surface area contributed by atoms with Gasteiger partial charge in [0.1, 0.15) is 5.75 Å². The standard InChI is InChI=1S/C18H20ClNO4S/c19-16-9-4-5-10-17(16)24-13-18(21)20-11-6-12-25(22,23)14-15-7-2-1-3-8-15/h1-5,7-10H,6,11-14H2,(H,20,21). The first kappa shape index (κ1) is 19.3. The Morgan fingerprint density at radius 2 is 1.72 bits per heavy atom. The molecule has 2 aromatic rings. The Kier molecular flexibility index (Phi) is 7.28. The van der Waals surface area contributed by atoms with Crippen molar-refractivity contribution < 1.29 is 17.9 Å². The second-order valence-corrected chi connectivity index (χ2v) is 8.09. The van der Waals surface area contributed by atoms with E-state index in [1.54, 1.807) is 36.4 Å². The molecule has 0 spiro atoms. The molecule has 2 rings (SSSR count). The first-order valence-corrected chi connectivity index (χ1v) is 10.0. The monoisotopic (exact) mass is 381 g/mol. The van der Waals surface area contributed by atoms with E-state index in [-0.39, 0.29) is 30.6 Å². The van der Waals surface area contributed by atoms with Gasteiger partial charge >= 0.3 is 0 Å². The van der Waals surface area contributed by atoms with E-state index in [9.17, 15) is 13.2 Å². The van der Waals surface area contributed by atoms with Crippen molar-refractivity contribution in [2.75, 3.05) is 18.9 Å². The average molecular weight is 382 g/mol. The minimum atomic E-state index is -3.19. The number of para-hydroxylation sites is 1. The summed E-state index contributed by atoms with van der Waals surface area (Å²) in [5.74, 6) is 0.149.